The van der Waals surface area contributed by atoms with Gasteiger partial charge in [0, 0.05) is 12.2 Å². The molecule has 0 fully saturated rings. The molecule has 2 amide bonds. The topological polar surface area (TPSA) is 93.5 Å². The van der Waals surface area contributed by atoms with Crippen LogP contribution in [0, 0.1) is 5.92 Å². The number of amides is 2. The van der Waals surface area contributed by atoms with Gasteiger partial charge in [0.15, 0.2) is 0 Å². The third-order valence-corrected chi connectivity index (χ3v) is 3.98. The van der Waals surface area contributed by atoms with Crippen molar-refractivity contribution in [2.75, 3.05) is 18.5 Å². The van der Waals surface area contributed by atoms with Crippen molar-refractivity contribution in [3.63, 3.8) is 0 Å². The van der Waals surface area contributed by atoms with E-state index in [1.54, 1.807) is 24.3 Å². The summed E-state index contributed by atoms with van der Waals surface area (Å²) < 4.78 is 5.42. The number of anilines is 1. The Hall–Kier alpha value is -2.57. The van der Waals surface area contributed by atoms with Crippen molar-refractivity contribution in [3.05, 3.63) is 60.2 Å². The monoisotopic (exact) mass is 405 g/mol. The predicted octanol–water partition coefficient (Wildman–Crippen LogP) is 2.77. The first-order valence-electron chi connectivity index (χ1n) is 9.06. The first-order valence-corrected chi connectivity index (χ1v) is 9.06. The second-order valence-electron chi connectivity index (χ2n) is 6.60. The maximum atomic E-state index is 12.6. The van der Waals surface area contributed by atoms with Crippen LogP contribution in [-0.4, -0.2) is 31.0 Å². The smallest absolute Gasteiger partial charge is 0.247 e. The summed E-state index contributed by atoms with van der Waals surface area (Å²) in [5.41, 5.74) is 6.96. The van der Waals surface area contributed by atoms with Crippen LogP contribution in [0.2, 0.25) is 0 Å². The first kappa shape index (κ1) is 23.5. The molecule has 152 valence electrons. The summed E-state index contributed by atoms with van der Waals surface area (Å²) >= 11 is 0. The number of benzene rings is 2. The summed E-state index contributed by atoms with van der Waals surface area (Å²) in [5, 5.41) is 5.68. The van der Waals surface area contributed by atoms with Crippen LogP contribution in [-0.2, 0) is 16.0 Å². The van der Waals surface area contributed by atoms with Gasteiger partial charge in [0.05, 0.1) is 6.42 Å². The quantitative estimate of drug-likeness (QED) is 0.598. The van der Waals surface area contributed by atoms with E-state index in [0.717, 1.165) is 5.56 Å². The molecule has 1 atom stereocenters. The molecule has 4 N–H and O–H groups in total. The minimum absolute atomic E-state index is 0. The van der Waals surface area contributed by atoms with E-state index in [1.165, 1.54) is 0 Å². The molecule has 2 rings (SSSR count). The third kappa shape index (κ3) is 7.58. The number of hydrogen-bond donors (Lipinski definition) is 3. The molecule has 0 bridgehead atoms. The van der Waals surface area contributed by atoms with E-state index in [9.17, 15) is 9.59 Å². The Bertz CT molecular complexity index is 736. The first-order chi connectivity index (χ1) is 13.0. The highest BCUT2D eigenvalue weighted by Crippen LogP contribution is 2.16. The molecule has 2 aromatic carbocycles. The van der Waals surface area contributed by atoms with Crippen LogP contribution < -0.4 is 21.1 Å². The fraction of sp³-hybridized carbons (Fsp3) is 0.333. The summed E-state index contributed by atoms with van der Waals surface area (Å²) in [5.74, 6) is 0.217. The van der Waals surface area contributed by atoms with Crippen molar-refractivity contribution < 1.29 is 14.3 Å². The van der Waals surface area contributed by atoms with E-state index in [1.807, 2.05) is 44.2 Å². The van der Waals surface area contributed by atoms with Crippen LogP contribution in [0.1, 0.15) is 19.4 Å². The zero-order valence-electron chi connectivity index (χ0n) is 16.2. The van der Waals surface area contributed by atoms with E-state index >= 15 is 0 Å². The minimum atomic E-state index is -0.616. The molecular weight excluding hydrogens is 378 g/mol. The highest BCUT2D eigenvalue weighted by atomic mass is 35.5. The van der Waals surface area contributed by atoms with E-state index in [-0.39, 0.29) is 36.6 Å². The lowest BCUT2D eigenvalue weighted by Crippen LogP contribution is -2.47. The van der Waals surface area contributed by atoms with Crippen molar-refractivity contribution in [2.45, 2.75) is 26.3 Å². The SMILES string of the molecule is CC(C)C(NC(=O)Cc1ccccc1)C(=O)Nc1ccc(OCCN)cc1.Cl. The van der Waals surface area contributed by atoms with Gasteiger partial charge in [-0.3, -0.25) is 9.59 Å². The molecule has 0 aliphatic heterocycles. The maximum absolute atomic E-state index is 12.6. The summed E-state index contributed by atoms with van der Waals surface area (Å²) in [6.45, 7) is 4.68. The zero-order valence-corrected chi connectivity index (χ0v) is 17.0. The van der Waals surface area contributed by atoms with Crippen LogP contribution in [0.5, 0.6) is 5.75 Å². The van der Waals surface area contributed by atoms with Crippen LogP contribution in [0.4, 0.5) is 5.69 Å². The van der Waals surface area contributed by atoms with E-state index < -0.39 is 6.04 Å². The normalized spacial score (nSPS) is 11.3. The number of carbonyl (C=O) groups excluding carboxylic acids is 2. The van der Waals surface area contributed by atoms with Crippen LogP contribution in [0.15, 0.2) is 54.6 Å². The standard InChI is InChI=1S/C21H27N3O3.ClH/c1-15(2)20(24-19(25)14-16-6-4-3-5-7-16)21(26)23-17-8-10-18(11-9-17)27-13-12-22;/h3-11,15,20H,12-14,22H2,1-2H3,(H,23,26)(H,24,25);1H. The molecule has 0 radical (unpaired) electrons. The van der Waals surface area contributed by atoms with Crippen molar-refractivity contribution in [3.8, 4) is 5.75 Å². The lowest BCUT2D eigenvalue weighted by Gasteiger charge is -2.22. The van der Waals surface area contributed by atoms with Gasteiger partial charge in [-0.1, -0.05) is 44.2 Å². The van der Waals surface area contributed by atoms with Crippen molar-refractivity contribution in [1.29, 1.82) is 0 Å². The largest absolute Gasteiger partial charge is 0.492 e. The summed E-state index contributed by atoms with van der Waals surface area (Å²) in [6, 6.07) is 15.9. The number of hydrogen-bond acceptors (Lipinski definition) is 4. The molecule has 0 spiro atoms. The summed E-state index contributed by atoms with van der Waals surface area (Å²) in [6.07, 6.45) is 0.241. The van der Waals surface area contributed by atoms with Gasteiger partial charge in [0.25, 0.3) is 0 Å². The van der Waals surface area contributed by atoms with Gasteiger partial charge in [-0.25, -0.2) is 0 Å². The molecular formula is C21H28ClN3O3. The van der Waals surface area contributed by atoms with E-state index in [0.29, 0.717) is 24.6 Å². The Morgan fingerprint density at radius 1 is 1.04 bits per heavy atom. The molecule has 0 aromatic heterocycles. The molecule has 6 nitrogen and oxygen atoms in total. The molecule has 7 heteroatoms. The molecule has 0 heterocycles. The van der Waals surface area contributed by atoms with Gasteiger partial charge >= 0.3 is 0 Å². The maximum Gasteiger partial charge on any atom is 0.247 e. The average molecular weight is 406 g/mol. The summed E-state index contributed by atoms with van der Waals surface area (Å²) in [4.78, 5) is 24.9. The molecule has 1 unspecified atom stereocenters. The highest BCUT2D eigenvalue weighted by Gasteiger charge is 2.24. The predicted molar refractivity (Wildman–Crippen MR) is 114 cm³/mol. The zero-order chi connectivity index (χ0) is 19.6. The number of rotatable bonds is 9. The third-order valence-electron chi connectivity index (χ3n) is 3.98. The summed E-state index contributed by atoms with van der Waals surface area (Å²) in [7, 11) is 0. The Labute approximate surface area is 172 Å². The number of ether oxygens (including phenoxy) is 1. The highest BCUT2D eigenvalue weighted by molar-refractivity contribution is 5.97. The van der Waals surface area contributed by atoms with Crippen LogP contribution in [0.3, 0.4) is 0 Å². The molecule has 2 aromatic rings. The van der Waals surface area contributed by atoms with Gasteiger partial charge in [-0.15, -0.1) is 12.4 Å². The van der Waals surface area contributed by atoms with Crippen molar-refractivity contribution in [1.82, 2.24) is 5.32 Å². The lowest BCUT2D eigenvalue weighted by molar-refractivity contribution is -0.127. The van der Waals surface area contributed by atoms with Crippen LogP contribution >= 0.6 is 12.4 Å². The number of carbonyl (C=O) groups is 2. The lowest BCUT2D eigenvalue weighted by atomic mass is 10.0. The molecule has 0 saturated carbocycles. The van der Waals surface area contributed by atoms with E-state index in [4.69, 9.17) is 10.5 Å². The van der Waals surface area contributed by atoms with Gasteiger partial charge < -0.3 is 21.1 Å². The minimum Gasteiger partial charge on any atom is -0.492 e. The number of nitrogens with one attached hydrogen (secondary N) is 2. The average Bonchev–Trinajstić information content (AvgIpc) is 2.66. The van der Waals surface area contributed by atoms with E-state index in [2.05, 4.69) is 10.6 Å². The Morgan fingerprint density at radius 2 is 1.68 bits per heavy atom. The van der Waals surface area contributed by atoms with Crippen molar-refractivity contribution in [2.24, 2.45) is 11.7 Å². The van der Waals surface area contributed by atoms with Crippen molar-refractivity contribution >= 4 is 29.9 Å². The number of nitrogens with two attached hydrogens (primary N) is 1. The Morgan fingerprint density at radius 3 is 2.25 bits per heavy atom. The molecule has 0 aliphatic rings. The Kier molecular flexibility index (Phi) is 10.1. The van der Waals surface area contributed by atoms with Gasteiger partial charge in [0.2, 0.25) is 11.8 Å². The molecule has 0 aliphatic carbocycles. The Balaban J connectivity index is 0.00000392. The number of halogens is 1. The second kappa shape index (κ2) is 12.0. The molecule has 0 saturated heterocycles. The van der Waals surface area contributed by atoms with Crippen LogP contribution in [0.25, 0.3) is 0 Å². The van der Waals surface area contributed by atoms with Gasteiger partial charge in [-0.05, 0) is 35.7 Å². The second-order valence-corrected chi connectivity index (χ2v) is 6.60. The fourth-order valence-corrected chi connectivity index (χ4v) is 2.57. The molecule has 28 heavy (non-hydrogen) atoms. The van der Waals surface area contributed by atoms with Gasteiger partial charge in [-0.2, -0.15) is 0 Å². The fourth-order valence-electron chi connectivity index (χ4n) is 2.57. The van der Waals surface area contributed by atoms with Gasteiger partial charge in [0.1, 0.15) is 18.4 Å².